The molecule has 1 N–H and O–H groups in total. The van der Waals surface area contributed by atoms with Gasteiger partial charge in [-0.05, 0) is 44.5 Å². The van der Waals surface area contributed by atoms with Crippen LogP contribution in [0.5, 0.6) is 0 Å². The normalized spacial score (nSPS) is 11.1. The molecule has 7 nitrogen and oxygen atoms in total. The lowest BCUT2D eigenvalue weighted by Crippen LogP contribution is -2.27. The first-order valence-corrected chi connectivity index (χ1v) is 9.23. The van der Waals surface area contributed by atoms with E-state index in [-0.39, 0.29) is 17.9 Å². The monoisotopic (exact) mass is 379 g/mol. The standard InChI is InChI=1S/C21H25N5O2/c1-13(2)26-19-17(11-23-26)10-18(14(3)24-19)21(28)25(5)12-15-6-8-16(9-7-15)20(27)22-4/h6-11,13H,12H2,1-5H3,(H,22,27). The van der Waals surface area contributed by atoms with Gasteiger partial charge in [-0.1, -0.05) is 12.1 Å². The zero-order valence-electron chi connectivity index (χ0n) is 16.9. The van der Waals surface area contributed by atoms with Crippen LogP contribution in [-0.2, 0) is 6.54 Å². The zero-order valence-corrected chi connectivity index (χ0v) is 16.9. The largest absolute Gasteiger partial charge is 0.355 e. The van der Waals surface area contributed by atoms with Crippen LogP contribution in [0.25, 0.3) is 11.0 Å². The molecule has 0 atom stereocenters. The molecule has 3 aromatic rings. The molecule has 146 valence electrons. The number of amides is 2. The first-order chi connectivity index (χ1) is 13.3. The summed E-state index contributed by atoms with van der Waals surface area (Å²) in [5, 5.41) is 7.82. The summed E-state index contributed by atoms with van der Waals surface area (Å²) in [4.78, 5) is 30.9. The fraction of sp³-hybridized carbons (Fsp3) is 0.333. The zero-order chi connectivity index (χ0) is 20.4. The van der Waals surface area contributed by atoms with Crippen molar-refractivity contribution in [2.24, 2.45) is 0 Å². The Bertz CT molecular complexity index is 1020. The van der Waals surface area contributed by atoms with Gasteiger partial charge in [-0.15, -0.1) is 0 Å². The van der Waals surface area contributed by atoms with Crippen molar-refractivity contribution in [3.63, 3.8) is 0 Å². The van der Waals surface area contributed by atoms with Gasteiger partial charge in [0, 0.05) is 37.6 Å². The van der Waals surface area contributed by atoms with Gasteiger partial charge in [-0.2, -0.15) is 5.10 Å². The molecule has 7 heteroatoms. The van der Waals surface area contributed by atoms with Gasteiger partial charge in [0.05, 0.1) is 17.5 Å². The molecule has 0 aliphatic heterocycles. The lowest BCUT2D eigenvalue weighted by molar-refractivity contribution is 0.0783. The summed E-state index contributed by atoms with van der Waals surface area (Å²) in [6, 6.07) is 9.28. The number of fused-ring (bicyclic) bond motifs is 1. The number of nitrogens with zero attached hydrogens (tertiary/aromatic N) is 4. The van der Waals surface area contributed by atoms with Crippen molar-refractivity contribution in [2.45, 2.75) is 33.4 Å². The predicted octanol–water partition coefficient (Wildman–Crippen LogP) is 2.95. The van der Waals surface area contributed by atoms with Crippen LogP contribution in [0, 0.1) is 6.92 Å². The minimum atomic E-state index is -0.132. The number of hydrogen-bond donors (Lipinski definition) is 1. The summed E-state index contributed by atoms with van der Waals surface area (Å²) in [7, 11) is 3.36. The van der Waals surface area contributed by atoms with Crippen molar-refractivity contribution in [1.82, 2.24) is 25.0 Å². The molecule has 0 unspecified atom stereocenters. The number of carbonyl (C=O) groups is 2. The number of carbonyl (C=O) groups excluding carboxylic acids is 2. The lowest BCUT2D eigenvalue weighted by Gasteiger charge is -2.18. The van der Waals surface area contributed by atoms with E-state index in [1.54, 1.807) is 37.3 Å². The molecule has 3 rings (SSSR count). The molecule has 0 fully saturated rings. The molecule has 0 saturated heterocycles. The van der Waals surface area contributed by atoms with E-state index >= 15 is 0 Å². The average molecular weight is 379 g/mol. The van der Waals surface area contributed by atoms with Crippen molar-refractivity contribution in [1.29, 1.82) is 0 Å². The van der Waals surface area contributed by atoms with E-state index in [0.717, 1.165) is 16.6 Å². The van der Waals surface area contributed by atoms with Crippen LogP contribution in [0.3, 0.4) is 0 Å². The summed E-state index contributed by atoms with van der Waals surface area (Å²) < 4.78 is 1.86. The Morgan fingerprint density at radius 2 is 1.89 bits per heavy atom. The molecule has 0 saturated carbocycles. The Kier molecular flexibility index (Phi) is 5.44. The fourth-order valence-electron chi connectivity index (χ4n) is 3.12. The Labute approximate surface area is 164 Å². The minimum Gasteiger partial charge on any atom is -0.355 e. The minimum absolute atomic E-state index is 0.0976. The summed E-state index contributed by atoms with van der Waals surface area (Å²) >= 11 is 0. The van der Waals surface area contributed by atoms with Crippen molar-refractivity contribution in [3.8, 4) is 0 Å². The quantitative estimate of drug-likeness (QED) is 0.739. The maximum atomic E-state index is 13.0. The average Bonchev–Trinajstić information content (AvgIpc) is 3.09. The van der Waals surface area contributed by atoms with Gasteiger partial charge < -0.3 is 10.2 Å². The Morgan fingerprint density at radius 1 is 1.21 bits per heavy atom. The number of hydrogen-bond acceptors (Lipinski definition) is 4. The second kappa shape index (κ2) is 7.80. The number of aryl methyl sites for hydroxylation is 1. The van der Waals surface area contributed by atoms with Crippen molar-refractivity contribution in [2.75, 3.05) is 14.1 Å². The van der Waals surface area contributed by atoms with Gasteiger partial charge in [0.1, 0.15) is 0 Å². The molecule has 1 aromatic carbocycles. The van der Waals surface area contributed by atoms with Crippen LogP contribution in [-0.4, -0.2) is 45.6 Å². The maximum absolute atomic E-state index is 13.0. The summed E-state index contributed by atoms with van der Waals surface area (Å²) in [5.41, 5.74) is 3.58. The number of pyridine rings is 1. The molecule has 0 bridgehead atoms. The number of nitrogens with one attached hydrogen (secondary N) is 1. The van der Waals surface area contributed by atoms with E-state index in [4.69, 9.17) is 0 Å². The third-order valence-electron chi connectivity index (χ3n) is 4.69. The summed E-state index contributed by atoms with van der Waals surface area (Å²) in [6.45, 7) is 6.38. The highest BCUT2D eigenvalue weighted by Crippen LogP contribution is 2.20. The third kappa shape index (κ3) is 3.74. The highest BCUT2D eigenvalue weighted by atomic mass is 16.2. The van der Waals surface area contributed by atoms with E-state index in [1.807, 2.05) is 43.7 Å². The van der Waals surface area contributed by atoms with Crippen molar-refractivity contribution in [3.05, 3.63) is 58.9 Å². The van der Waals surface area contributed by atoms with Crippen LogP contribution in [0.15, 0.2) is 36.5 Å². The topological polar surface area (TPSA) is 80.1 Å². The van der Waals surface area contributed by atoms with E-state index < -0.39 is 0 Å². The van der Waals surface area contributed by atoms with Gasteiger partial charge in [-0.3, -0.25) is 9.59 Å². The van der Waals surface area contributed by atoms with Crippen molar-refractivity contribution >= 4 is 22.8 Å². The van der Waals surface area contributed by atoms with Crippen molar-refractivity contribution < 1.29 is 9.59 Å². The molecule has 2 aromatic heterocycles. The second-order valence-corrected chi connectivity index (χ2v) is 7.15. The van der Waals surface area contributed by atoms with Crippen LogP contribution in [0.2, 0.25) is 0 Å². The predicted molar refractivity (Wildman–Crippen MR) is 108 cm³/mol. The molecule has 0 aliphatic carbocycles. The molecule has 2 amide bonds. The first kappa shape index (κ1) is 19.5. The van der Waals surface area contributed by atoms with E-state index in [2.05, 4.69) is 15.4 Å². The lowest BCUT2D eigenvalue weighted by atomic mass is 10.1. The Hall–Kier alpha value is -3.22. The number of aromatic nitrogens is 3. The van der Waals surface area contributed by atoms with E-state index in [9.17, 15) is 9.59 Å². The number of rotatable bonds is 5. The third-order valence-corrected chi connectivity index (χ3v) is 4.69. The van der Waals surface area contributed by atoms with Crippen LogP contribution >= 0.6 is 0 Å². The SMILES string of the molecule is CNC(=O)c1ccc(CN(C)C(=O)c2cc3cnn(C(C)C)c3nc2C)cc1. The van der Waals surface area contributed by atoms with Gasteiger partial charge in [0.15, 0.2) is 5.65 Å². The molecular formula is C21H25N5O2. The van der Waals surface area contributed by atoms with Gasteiger partial charge in [-0.25, -0.2) is 9.67 Å². The first-order valence-electron chi connectivity index (χ1n) is 9.23. The highest BCUT2D eigenvalue weighted by molar-refractivity contribution is 5.98. The molecule has 0 aliphatic rings. The van der Waals surface area contributed by atoms with E-state index in [0.29, 0.717) is 23.4 Å². The van der Waals surface area contributed by atoms with Crippen LogP contribution in [0.1, 0.15) is 51.9 Å². The molecule has 0 spiro atoms. The molecule has 28 heavy (non-hydrogen) atoms. The smallest absolute Gasteiger partial charge is 0.255 e. The molecule has 0 radical (unpaired) electrons. The van der Waals surface area contributed by atoms with Crippen LogP contribution in [0.4, 0.5) is 0 Å². The Balaban J connectivity index is 1.81. The number of benzene rings is 1. The second-order valence-electron chi connectivity index (χ2n) is 7.15. The molecule has 2 heterocycles. The summed E-state index contributed by atoms with van der Waals surface area (Å²) in [6.07, 6.45) is 1.75. The van der Waals surface area contributed by atoms with Gasteiger partial charge >= 0.3 is 0 Å². The van der Waals surface area contributed by atoms with Crippen LogP contribution < -0.4 is 5.32 Å². The fourth-order valence-corrected chi connectivity index (χ4v) is 3.12. The van der Waals surface area contributed by atoms with E-state index in [1.165, 1.54) is 0 Å². The van der Waals surface area contributed by atoms with Gasteiger partial charge in [0.2, 0.25) is 0 Å². The molecular weight excluding hydrogens is 354 g/mol. The van der Waals surface area contributed by atoms with Gasteiger partial charge in [0.25, 0.3) is 11.8 Å². The summed E-state index contributed by atoms with van der Waals surface area (Å²) in [5.74, 6) is -0.229. The maximum Gasteiger partial charge on any atom is 0.255 e. The Morgan fingerprint density at radius 3 is 2.50 bits per heavy atom. The highest BCUT2D eigenvalue weighted by Gasteiger charge is 2.18.